The molecule has 0 saturated carbocycles. The summed E-state index contributed by atoms with van der Waals surface area (Å²) in [4.78, 5) is 0. The van der Waals surface area contributed by atoms with Crippen LogP contribution >= 0.6 is 0 Å². The summed E-state index contributed by atoms with van der Waals surface area (Å²) in [6.07, 6.45) is 5.13. The zero-order valence-corrected chi connectivity index (χ0v) is 19.0. The van der Waals surface area contributed by atoms with Gasteiger partial charge in [-0.15, -0.1) is 0 Å². The number of rotatable bonds is 6. The van der Waals surface area contributed by atoms with Crippen molar-refractivity contribution in [2.75, 3.05) is 13.1 Å². The van der Waals surface area contributed by atoms with Crippen LogP contribution in [0.1, 0.15) is 50.7 Å². The second kappa shape index (κ2) is 8.48. The predicted octanol–water partition coefficient (Wildman–Crippen LogP) is 8.09. The van der Waals surface area contributed by atoms with E-state index in [1.54, 1.807) is 0 Å². The third-order valence-electron chi connectivity index (χ3n) is 7.26. The standard InChI is InChI=1S/C30H34N/c1-3-5-19-31(20-6-4-2)21-25-17-15-23-11-7-9-13-27(23)29(25)30-26(22-31)18-16-24-12-8-10-14-28(24)30/h7-18H,3-6,19-22H2,1-2H3/q+1. The van der Waals surface area contributed by atoms with Gasteiger partial charge in [-0.1, -0.05) is 99.5 Å². The van der Waals surface area contributed by atoms with Crippen LogP contribution in [-0.4, -0.2) is 17.6 Å². The quantitative estimate of drug-likeness (QED) is 0.283. The van der Waals surface area contributed by atoms with Crippen molar-refractivity contribution in [2.24, 2.45) is 0 Å². The Kier molecular flexibility index (Phi) is 5.54. The highest BCUT2D eigenvalue weighted by Gasteiger charge is 2.34. The van der Waals surface area contributed by atoms with E-state index >= 15 is 0 Å². The van der Waals surface area contributed by atoms with Gasteiger partial charge in [0.2, 0.25) is 0 Å². The van der Waals surface area contributed by atoms with Crippen LogP contribution in [0.3, 0.4) is 0 Å². The van der Waals surface area contributed by atoms with Gasteiger partial charge in [0.05, 0.1) is 13.1 Å². The fourth-order valence-electron chi connectivity index (χ4n) is 5.68. The van der Waals surface area contributed by atoms with Crippen molar-refractivity contribution in [1.82, 2.24) is 0 Å². The van der Waals surface area contributed by atoms with Crippen molar-refractivity contribution >= 4 is 21.5 Å². The molecule has 158 valence electrons. The summed E-state index contributed by atoms with van der Waals surface area (Å²) in [7, 11) is 0. The normalized spacial score (nSPS) is 14.9. The van der Waals surface area contributed by atoms with Crippen molar-refractivity contribution in [2.45, 2.75) is 52.6 Å². The monoisotopic (exact) mass is 408 g/mol. The van der Waals surface area contributed by atoms with Crippen LogP contribution in [0.2, 0.25) is 0 Å². The smallest absolute Gasteiger partial charge is 0.105 e. The Hall–Kier alpha value is -2.64. The van der Waals surface area contributed by atoms with E-state index in [9.17, 15) is 0 Å². The van der Waals surface area contributed by atoms with Gasteiger partial charge in [-0.2, -0.15) is 0 Å². The van der Waals surface area contributed by atoms with Crippen LogP contribution in [-0.2, 0) is 13.1 Å². The Morgan fingerprint density at radius 3 is 1.48 bits per heavy atom. The third kappa shape index (κ3) is 3.66. The molecule has 1 aliphatic rings. The molecule has 0 aliphatic carbocycles. The summed E-state index contributed by atoms with van der Waals surface area (Å²) in [6, 6.07) is 27.5. The number of quaternary nitrogens is 1. The van der Waals surface area contributed by atoms with E-state index in [1.807, 2.05) is 0 Å². The summed E-state index contributed by atoms with van der Waals surface area (Å²) < 4.78 is 1.19. The number of benzene rings is 4. The molecule has 0 atom stereocenters. The average molecular weight is 409 g/mol. The van der Waals surface area contributed by atoms with Crippen LogP contribution in [0.5, 0.6) is 0 Å². The van der Waals surface area contributed by atoms with E-state index in [4.69, 9.17) is 0 Å². The van der Waals surface area contributed by atoms with E-state index in [0.717, 1.165) is 13.1 Å². The molecule has 0 amide bonds. The maximum absolute atomic E-state index is 2.43. The van der Waals surface area contributed by atoms with Gasteiger partial charge in [0.25, 0.3) is 0 Å². The highest BCUT2D eigenvalue weighted by molar-refractivity contribution is 6.07. The Labute approximate surface area is 186 Å². The SMILES string of the molecule is CCCC[N+]1(CCCC)Cc2ccc3ccccc3c2-c2c(ccc3ccccc23)C1. The van der Waals surface area contributed by atoms with Crippen molar-refractivity contribution in [1.29, 1.82) is 0 Å². The molecule has 0 fully saturated rings. The second-order valence-electron chi connectivity index (χ2n) is 9.45. The van der Waals surface area contributed by atoms with E-state index in [1.165, 1.54) is 87.1 Å². The van der Waals surface area contributed by atoms with Gasteiger partial charge in [0, 0.05) is 11.1 Å². The number of nitrogens with zero attached hydrogens (tertiary/aromatic N) is 1. The molecule has 0 N–H and O–H groups in total. The molecule has 1 heterocycles. The molecule has 0 saturated heterocycles. The number of hydrogen-bond donors (Lipinski definition) is 0. The minimum atomic E-state index is 1.14. The molecule has 5 rings (SSSR count). The zero-order valence-electron chi connectivity index (χ0n) is 19.0. The fraction of sp³-hybridized carbons (Fsp3) is 0.333. The van der Waals surface area contributed by atoms with Crippen molar-refractivity contribution in [3.05, 3.63) is 83.9 Å². The lowest BCUT2D eigenvalue weighted by Crippen LogP contribution is -2.47. The number of fused-ring (bicyclic) bond motifs is 7. The summed E-state index contributed by atoms with van der Waals surface area (Å²) in [5.41, 5.74) is 6.03. The lowest BCUT2D eigenvalue weighted by atomic mass is 9.88. The van der Waals surface area contributed by atoms with Gasteiger partial charge in [0.1, 0.15) is 13.1 Å². The average Bonchev–Trinajstić information content (AvgIpc) is 2.96. The van der Waals surface area contributed by atoms with Crippen LogP contribution in [0.4, 0.5) is 0 Å². The number of hydrogen-bond acceptors (Lipinski definition) is 0. The Morgan fingerprint density at radius 2 is 1.03 bits per heavy atom. The van der Waals surface area contributed by atoms with E-state index < -0.39 is 0 Å². The van der Waals surface area contributed by atoms with Gasteiger partial charge < -0.3 is 4.48 Å². The fourth-order valence-corrected chi connectivity index (χ4v) is 5.68. The Bertz CT molecular complexity index is 1120. The van der Waals surface area contributed by atoms with Gasteiger partial charge in [-0.05, 0) is 45.5 Å². The second-order valence-corrected chi connectivity index (χ2v) is 9.45. The van der Waals surface area contributed by atoms with Crippen LogP contribution in [0.15, 0.2) is 72.8 Å². The van der Waals surface area contributed by atoms with E-state index in [0.29, 0.717) is 0 Å². The van der Waals surface area contributed by atoms with Gasteiger partial charge in [0.15, 0.2) is 0 Å². The maximum Gasteiger partial charge on any atom is 0.105 e. The molecule has 4 aromatic rings. The topological polar surface area (TPSA) is 0 Å². The molecule has 0 unspecified atom stereocenters. The van der Waals surface area contributed by atoms with Crippen LogP contribution in [0, 0.1) is 0 Å². The summed E-state index contributed by atoms with van der Waals surface area (Å²) >= 11 is 0. The van der Waals surface area contributed by atoms with Crippen molar-refractivity contribution in [3.8, 4) is 11.1 Å². The van der Waals surface area contributed by atoms with Crippen molar-refractivity contribution in [3.63, 3.8) is 0 Å². The lowest BCUT2D eigenvalue weighted by Gasteiger charge is -2.38. The van der Waals surface area contributed by atoms with E-state index in [2.05, 4.69) is 86.6 Å². The predicted molar refractivity (Wildman–Crippen MR) is 134 cm³/mol. The third-order valence-corrected chi connectivity index (χ3v) is 7.26. The van der Waals surface area contributed by atoms with Crippen molar-refractivity contribution < 1.29 is 4.48 Å². The molecule has 0 radical (unpaired) electrons. The highest BCUT2D eigenvalue weighted by atomic mass is 15.3. The first-order valence-corrected chi connectivity index (χ1v) is 12.1. The minimum Gasteiger partial charge on any atom is -0.316 e. The first-order valence-electron chi connectivity index (χ1n) is 12.1. The molecule has 1 nitrogen and oxygen atoms in total. The molecule has 0 spiro atoms. The zero-order chi connectivity index (χ0) is 21.3. The molecule has 1 heteroatoms. The minimum absolute atomic E-state index is 1.14. The number of unbranched alkanes of at least 4 members (excludes halogenated alkanes) is 2. The first-order chi connectivity index (χ1) is 15.2. The van der Waals surface area contributed by atoms with E-state index in [-0.39, 0.29) is 0 Å². The Morgan fingerprint density at radius 1 is 0.581 bits per heavy atom. The van der Waals surface area contributed by atoms with Crippen LogP contribution in [0.25, 0.3) is 32.7 Å². The molecular weight excluding hydrogens is 374 g/mol. The summed E-state index contributed by atoms with van der Waals surface area (Å²) in [6.45, 7) is 9.49. The Balaban J connectivity index is 1.83. The molecule has 0 aromatic heterocycles. The molecule has 0 bridgehead atoms. The molecular formula is C30H34N+. The summed E-state index contributed by atoms with van der Waals surface area (Å²) in [5.74, 6) is 0. The molecule has 1 aliphatic heterocycles. The van der Waals surface area contributed by atoms with Gasteiger partial charge >= 0.3 is 0 Å². The maximum atomic E-state index is 2.43. The highest BCUT2D eigenvalue weighted by Crippen LogP contribution is 2.44. The largest absolute Gasteiger partial charge is 0.316 e. The molecule has 31 heavy (non-hydrogen) atoms. The van der Waals surface area contributed by atoms with Gasteiger partial charge in [-0.25, -0.2) is 0 Å². The first kappa shape index (κ1) is 20.3. The van der Waals surface area contributed by atoms with Crippen LogP contribution < -0.4 is 0 Å². The molecule has 4 aromatic carbocycles. The lowest BCUT2D eigenvalue weighted by molar-refractivity contribution is -0.953. The summed E-state index contributed by atoms with van der Waals surface area (Å²) in [5, 5.41) is 5.51. The van der Waals surface area contributed by atoms with Gasteiger partial charge in [-0.3, -0.25) is 0 Å².